The monoisotopic (exact) mass is 404 g/mol. The van der Waals surface area contributed by atoms with E-state index >= 15 is 0 Å². The number of aryl methyl sites for hydroxylation is 2. The number of rotatable bonds is 4. The van der Waals surface area contributed by atoms with E-state index in [-0.39, 0.29) is 30.2 Å². The van der Waals surface area contributed by atoms with Gasteiger partial charge in [-0.05, 0) is 51.0 Å². The zero-order valence-corrected chi connectivity index (χ0v) is 17.6. The van der Waals surface area contributed by atoms with Crippen LogP contribution in [0.4, 0.5) is 5.69 Å². The summed E-state index contributed by atoms with van der Waals surface area (Å²) in [6.07, 6.45) is 5.02. The van der Waals surface area contributed by atoms with E-state index in [0.29, 0.717) is 11.3 Å². The van der Waals surface area contributed by atoms with E-state index in [1.807, 2.05) is 50.2 Å². The molecular weight excluding hydrogens is 376 g/mol. The van der Waals surface area contributed by atoms with E-state index in [1.165, 1.54) is 4.90 Å². The summed E-state index contributed by atoms with van der Waals surface area (Å²) in [5, 5.41) is 0. The lowest BCUT2D eigenvalue weighted by Gasteiger charge is -2.37. The van der Waals surface area contributed by atoms with Crippen LogP contribution in [0.15, 0.2) is 48.5 Å². The zero-order chi connectivity index (χ0) is 21.3. The molecule has 5 nitrogen and oxygen atoms in total. The molecule has 30 heavy (non-hydrogen) atoms. The van der Waals surface area contributed by atoms with Gasteiger partial charge in [0.25, 0.3) is 11.8 Å². The molecule has 2 aromatic carbocycles. The van der Waals surface area contributed by atoms with Crippen molar-refractivity contribution in [1.29, 1.82) is 0 Å². The van der Waals surface area contributed by atoms with E-state index in [9.17, 15) is 14.4 Å². The molecule has 1 saturated heterocycles. The molecular formula is C25H28N2O3. The van der Waals surface area contributed by atoms with Crippen molar-refractivity contribution in [2.45, 2.75) is 64.5 Å². The van der Waals surface area contributed by atoms with Crippen molar-refractivity contribution in [3.05, 3.63) is 65.2 Å². The van der Waals surface area contributed by atoms with Crippen molar-refractivity contribution in [2.75, 3.05) is 4.90 Å². The number of nitrogens with zero attached hydrogens (tertiary/aromatic N) is 2. The van der Waals surface area contributed by atoms with Crippen LogP contribution >= 0.6 is 0 Å². The van der Waals surface area contributed by atoms with Crippen LogP contribution in [-0.2, 0) is 9.59 Å². The fourth-order valence-corrected chi connectivity index (χ4v) is 4.56. The normalized spacial score (nSPS) is 19.9. The lowest BCUT2D eigenvalue weighted by Crippen LogP contribution is -2.51. The second-order valence-corrected chi connectivity index (χ2v) is 8.49. The molecule has 0 radical (unpaired) electrons. The quantitative estimate of drug-likeness (QED) is 0.709. The number of carbonyl (C=O) groups excluding carboxylic acids is 3. The van der Waals surface area contributed by atoms with Gasteiger partial charge in [-0.25, -0.2) is 4.90 Å². The highest BCUT2D eigenvalue weighted by atomic mass is 16.2. The van der Waals surface area contributed by atoms with Crippen molar-refractivity contribution in [2.24, 2.45) is 0 Å². The molecule has 0 N–H and O–H groups in total. The SMILES string of the molecule is Cc1ccc(C(=O)N(C2CCCCC2)C2CC(=O)N(c3ccc(C)cc3)C2=O)cc1. The van der Waals surface area contributed by atoms with E-state index in [0.717, 1.165) is 43.2 Å². The fourth-order valence-electron chi connectivity index (χ4n) is 4.56. The molecule has 1 aliphatic heterocycles. The predicted octanol–water partition coefficient (Wildman–Crippen LogP) is 4.41. The van der Waals surface area contributed by atoms with Crippen molar-refractivity contribution in [3.63, 3.8) is 0 Å². The Kier molecular flexibility index (Phi) is 5.71. The molecule has 1 heterocycles. The lowest BCUT2D eigenvalue weighted by molar-refractivity contribution is -0.123. The third-order valence-corrected chi connectivity index (χ3v) is 6.25. The Hall–Kier alpha value is -2.95. The summed E-state index contributed by atoms with van der Waals surface area (Å²) < 4.78 is 0. The van der Waals surface area contributed by atoms with E-state index in [4.69, 9.17) is 0 Å². The minimum absolute atomic E-state index is 0.00716. The highest BCUT2D eigenvalue weighted by Crippen LogP contribution is 2.32. The van der Waals surface area contributed by atoms with Gasteiger partial charge < -0.3 is 4.90 Å². The van der Waals surface area contributed by atoms with E-state index in [1.54, 1.807) is 17.0 Å². The van der Waals surface area contributed by atoms with Crippen LogP contribution in [-0.4, -0.2) is 34.7 Å². The first-order valence-corrected chi connectivity index (χ1v) is 10.8. The second kappa shape index (κ2) is 8.42. The molecule has 0 aromatic heterocycles. The van der Waals surface area contributed by atoms with Crippen LogP contribution in [0.1, 0.15) is 60.0 Å². The summed E-state index contributed by atoms with van der Waals surface area (Å²) >= 11 is 0. The summed E-state index contributed by atoms with van der Waals surface area (Å²) in [4.78, 5) is 42.7. The summed E-state index contributed by atoms with van der Waals surface area (Å²) in [6.45, 7) is 3.94. The van der Waals surface area contributed by atoms with Crippen molar-refractivity contribution in [3.8, 4) is 0 Å². The average molecular weight is 405 g/mol. The molecule has 5 heteroatoms. The topological polar surface area (TPSA) is 57.7 Å². The van der Waals surface area contributed by atoms with E-state index in [2.05, 4.69) is 0 Å². The van der Waals surface area contributed by atoms with Gasteiger partial charge in [0.05, 0.1) is 12.1 Å². The molecule has 1 unspecified atom stereocenters. The molecule has 1 aliphatic carbocycles. The zero-order valence-electron chi connectivity index (χ0n) is 17.6. The van der Waals surface area contributed by atoms with Crippen LogP contribution in [0.25, 0.3) is 0 Å². The van der Waals surface area contributed by atoms with E-state index < -0.39 is 6.04 Å². The maximum atomic E-state index is 13.5. The molecule has 156 valence electrons. The van der Waals surface area contributed by atoms with Gasteiger partial charge in [0.1, 0.15) is 6.04 Å². The Bertz CT molecular complexity index is 943. The number of anilines is 1. The number of carbonyl (C=O) groups is 3. The molecule has 2 aromatic rings. The molecule has 4 rings (SSSR count). The van der Waals surface area contributed by atoms with Crippen LogP contribution in [0.5, 0.6) is 0 Å². The third kappa shape index (κ3) is 3.89. The van der Waals surface area contributed by atoms with Crippen molar-refractivity contribution >= 4 is 23.4 Å². The van der Waals surface area contributed by atoms with Gasteiger partial charge in [-0.1, -0.05) is 54.7 Å². The Balaban J connectivity index is 1.67. The van der Waals surface area contributed by atoms with Gasteiger partial charge in [-0.15, -0.1) is 0 Å². The minimum Gasteiger partial charge on any atom is -0.323 e. The van der Waals surface area contributed by atoms with Crippen molar-refractivity contribution < 1.29 is 14.4 Å². The number of hydrogen-bond acceptors (Lipinski definition) is 3. The number of imide groups is 1. The van der Waals surface area contributed by atoms with Gasteiger partial charge in [0.2, 0.25) is 5.91 Å². The highest BCUT2D eigenvalue weighted by Gasteiger charge is 2.46. The summed E-state index contributed by atoms with van der Waals surface area (Å²) in [5.74, 6) is -0.694. The highest BCUT2D eigenvalue weighted by molar-refractivity contribution is 6.23. The van der Waals surface area contributed by atoms with Gasteiger partial charge in [0, 0.05) is 11.6 Å². The summed E-state index contributed by atoms with van der Waals surface area (Å²) in [5.41, 5.74) is 3.28. The Morgan fingerprint density at radius 3 is 2.03 bits per heavy atom. The van der Waals surface area contributed by atoms with Crippen LogP contribution in [0.3, 0.4) is 0 Å². The second-order valence-electron chi connectivity index (χ2n) is 8.49. The lowest BCUT2D eigenvalue weighted by atomic mass is 9.92. The van der Waals surface area contributed by atoms with Gasteiger partial charge in [-0.3, -0.25) is 14.4 Å². The Morgan fingerprint density at radius 2 is 1.43 bits per heavy atom. The fraction of sp³-hybridized carbons (Fsp3) is 0.400. The molecule has 1 atom stereocenters. The summed E-state index contributed by atoms with van der Waals surface area (Å²) in [7, 11) is 0. The molecule has 2 aliphatic rings. The molecule has 2 fully saturated rings. The maximum Gasteiger partial charge on any atom is 0.257 e. The van der Waals surface area contributed by atoms with Crippen LogP contribution in [0.2, 0.25) is 0 Å². The predicted molar refractivity (Wildman–Crippen MR) is 116 cm³/mol. The van der Waals surface area contributed by atoms with Gasteiger partial charge >= 0.3 is 0 Å². The molecule has 3 amide bonds. The Morgan fingerprint density at radius 1 is 0.867 bits per heavy atom. The molecule has 1 saturated carbocycles. The molecule has 0 bridgehead atoms. The molecule has 0 spiro atoms. The average Bonchev–Trinajstić information content (AvgIpc) is 3.04. The summed E-state index contributed by atoms with van der Waals surface area (Å²) in [6, 6.07) is 14.1. The standard InChI is InChI=1S/C25H28N2O3/c1-17-8-12-19(13-9-17)24(29)26(20-6-4-3-5-7-20)22-16-23(28)27(25(22)30)21-14-10-18(2)11-15-21/h8-15,20,22H,3-7,16H2,1-2H3. The largest absolute Gasteiger partial charge is 0.323 e. The first-order chi connectivity index (χ1) is 14.5. The number of benzene rings is 2. The van der Waals surface area contributed by atoms with Gasteiger partial charge in [-0.2, -0.15) is 0 Å². The van der Waals surface area contributed by atoms with Crippen molar-refractivity contribution in [1.82, 2.24) is 4.90 Å². The third-order valence-electron chi connectivity index (χ3n) is 6.25. The van der Waals surface area contributed by atoms with Crippen LogP contribution < -0.4 is 4.90 Å². The first-order valence-electron chi connectivity index (χ1n) is 10.8. The maximum absolute atomic E-state index is 13.5. The smallest absolute Gasteiger partial charge is 0.257 e. The number of hydrogen-bond donors (Lipinski definition) is 0. The van der Waals surface area contributed by atoms with Crippen LogP contribution in [0, 0.1) is 13.8 Å². The van der Waals surface area contributed by atoms with Gasteiger partial charge in [0.15, 0.2) is 0 Å². The number of amides is 3. The minimum atomic E-state index is -0.740. The Labute approximate surface area is 177 Å². The first kappa shape index (κ1) is 20.3.